The number of hydrogen-bond donors (Lipinski definition) is 1. The second-order valence-corrected chi connectivity index (χ2v) is 6.99. The number of rotatable bonds is 6. The first-order valence-corrected chi connectivity index (χ1v) is 9.13. The van der Waals surface area contributed by atoms with Crippen LogP contribution in [-0.4, -0.2) is 47.1 Å². The molecule has 26 heavy (non-hydrogen) atoms. The lowest BCUT2D eigenvalue weighted by Crippen LogP contribution is -2.47. The molecule has 4 nitrogen and oxygen atoms in total. The van der Waals surface area contributed by atoms with Gasteiger partial charge in [-0.25, -0.2) is 4.39 Å². The SMILES string of the molecule is O=C(CCCN1CCN(O)CC1c1ccc(Cl)cc1)c1ccc(F)cc1. The van der Waals surface area contributed by atoms with Gasteiger partial charge in [-0.15, -0.1) is 0 Å². The molecular weight excluding hydrogens is 355 g/mol. The van der Waals surface area contributed by atoms with Gasteiger partial charge in [-0.05, 0) is 54.9 Å². The van der Waals surface area contributed by atoms with Crippen LogP contribution in [0.4, 0.5) is 4.39 Å². The maximum absolute atomic E-state index is 13.0. The molecule has 1 atom stereocenters. The van der Waals surface area contributed by atoms with Crippen molar-refractivity contribution in [3.05, 3.63) is 70.5 Å². The third-order valence-corrected chi connectivity index (χ3v) is 4.99. The van der Waals surface area contributed by atoms with Crippen LogP contribution in [0.1, 0.15) is 34.8 Å². The third kappa shape index (κ3) is 4.89. The Hall–Kier alpha value is -1.79. The quantitative estimate of drug-likeness (QED) is 0.768. The number of piperazine rings is 1. The molecule has 0 amide bonds. The van der Waals surface area contributed by atoms with Crippen LogP contribution in [0.15, 0.2) is 48.5 Å². The summed E-state index contributed by atoms with van der Waals surface area (Å²) in [6.07, 6.45) is 1.13. The van der Waals surface area contributed by atoms with E-state index >= 15 is 0 Å². The Bertz CT molecular complexity index is 736. The highest BCUT2D eigenvalue weighted by Gasteiger charge is 2.27. The summed E-state index contributed by atoms with van der Waals surface area (Å²) in [7, 11) is 0. The number of carbonyl (C=O) groups excluding carboxylic acids is 1. The summed E-state index contributed by atoms with van der Waals surface area (Å²) in [5.74, 6) is -0.317. The lowest BCUT2D eigenvalue weighted by molar-refractivity contribution is -0.135. The van der Waals surface area contributed by atoms with Gasteiger partial charge in [0.15, 0.2) is 5.78 Å². The summed E-state index contributed by atoms with van der Waals surface area (Å²) in [5, 5.41) is 11.9. The molecule has 1 heterocycles. The van der Waals surface area contributed by atoms with Crippen molar-refractivity contribution in [1.82, 2.24) is 9.96 Å². The van der Waals surface area contributed by atoms with Crippen molar-refractivity contribution in [2.75, 3.05) is 26.2 Å². The zero-order valence-corrected chi connectivity index (χ0v) is 15.2. The molecule has 1 aliphatic heterocycles. The predicted molar refractivity (Wildman–Crippen MR) is 99.1 cm³/mol. The standard InChI is InChI=1S/C20H22ClFN2O2/c21-17-7-3-15(4-8-17)19-14-24(26)13-12-23(19)11-1-2-20(25)16-5-9-18(22)10-6-16/h3-10,19,26H,1-2,11-14H2. The molecule has 1 N–H and O–H groups in total. The van der Waals surface area contributed by atoms with E-state index in [1.807, 2.05) is 24.3 Å². The second kappa shape index (κ2) is 8.73. The van der Waals surface area contributed by atoms with E-state index in [1.165, 1.54) is 29.3 Å². The maximum atomic E-state index is 13.0. The van der Waals surface area contributed by atoms with Crippen molar-refractivity contribution >= 4 is 17.4 Å². The molecule has 0 bridgehead atoms. The smallest absolute Gasteiger partial charge is 0.162 e. The Morgan fingerprint density at radius 3 is 2.50 bits per heavy atom. The normalized spacial score (nSPS) is 18.8. The number of ketones is 1. The summed E-state index contributed by atoms with van der Waals surface area (Å²) in [6.45, 7) is 2.59. The Kier molecular flexibility index (Phi) is 6.38. The van der Waals surface area contributed by atoms with Gasteiger partial charge in [0.25, 0.3) is 0 Å². The fourth-order valence-electron chi connectivity index (χ4n) is 3.30. The Morgan fingerprint density at radius 2 is 1.81 bits per heavy atom. The fraction of sp³-hybridized carbons (Fsp3) is 0.350. The van der Waals surface area contributed by atoms with Gasteiger partial charge >= 0.3 is 0 Å². The molecule has 0 radical (unpaired) electrons. The van der Waals surface area contributed by atoms with Crippen molar-refractivity contribution in [2.45, 2.75) is 18.9 Å². The van der Waals surface area contributed by atoms with Gasteiger partial charge < -0.3 is 5.21 Å². The molecule has 1 unspecified atom stereocenters. The van der Waals surface area contributed by atoms with Gasteiger partial charge in [0.2, 0.25) is 0 Å². The van der Waals surface area contributed by atoms with E-state index in [1.54, 1.807) is 0 Å². The minimum absolute atomic E-state index is 0.0221. The van der Waals surface area contributed by atoms with Gasteiger partial charge in [0.05, 0.1) is 0 Å². The first-order chi connectivity index (χ1) is 12.5. The van der Waals surface area contributed by atoms with Gasteiger partial charge in [-0.2, -0.15) is 5.06 Å². The molecule has 3 rings (SSSR count). The molecule has 0 aliphatic carbocycles. The van der Waals surface area contributed by atoms with Gasteiger partial charge in [-0.3, -0.25) is 9.69 Å². The van der Waals surface area contributed by atoms with Crippen LogP contribution >= 0.6 is 11.6 Å². The van der Waals surface area contributed by atoms with Crippen LogP contribution in [0, 0.1) is 5.82 Å². The van der Waals surface area contributed by atoms with Crippen molar-refractivity contribution in [3.8, 4) is 0 Å². The predicted octanol–water partition coefficient (Wildman–Crippen LogP) is 4.19. The minimum Gasteiger partial charge on any atom is -0.314 e. The zero-order chi connectivity index (χ0) is 18.5. The highest BCUT2D eigenvalue weighted by molar-refractivity contribution is 6.30. The monoisotopic (exact) mass is 376 g/mol. The first kappa shape index (κ1) is 19.0. The number of carbonyl (C=O) groups is 1. The maximum Gasteiger partial charge on any atom is 0.162 e. The number of hydroxylamine groups is 2. The van der Waals surface area contributed by atoms with E-state index in [4.69, 9.17) is 11.6 Å². The van der Waals surface area contributed by atoms with Crippen LogP contribution in [0.25, 0.3) is 0 Å². The summed E-state index contributed by atoms with van der Waals surface area (Å²) < 4.78 is 13.0. The van der Waals surface area contributed by atoms with Crippen molar-refractivity contribution < 1.29 is 14.4 Å². The van der Waals surface area contributed by atoms with E-state index in [0.29, 0.717) is 36.5 Å². The van der Waals surface area contributed by atoms with Gasteiger partial charge in [0, 0.05) is 42.7 Å². The van der Waals surface area contributed by atoms with Crippen LogP contribution in [0.3, 0.4) is 0 Å². The fourth-order valence-corrected chi connectivity index (χ4v) is 3.42. The van der Waals surface area contributed by atoms with Crippen LogP contribution in [0.5, 0.6) is 0 Å². The molecule has 2 aromatic carbocycles. The molecular formula is C20H22ClFN2O2. The highest BCUT2D eigenvalue weighted by Crippen LogP contribution is 2.26. The molecule has 1 saturated heterocycles. The molecule has 2 aromatic rings. The lowest BCUT2D eigenvalue weighted by atomic mass is 10.0. The van der Waals surface area contributed by atoms with Crippen molar-refractivity contribution in [2.24, 2.45) is 0 Å². The average molecular weight is 377 g/mol. The van der Waals surface area contributed by atoms with Crippen molar-refractivity contribution in [1.29, 1.82) is 0 Å². The number of nitrogens with zero attached hydrogens (tertiary/aromatic N) is 2. The first-order valence-electron chi connectivity index (χ1n) is 8.75. The van der Waals surface area contributed by atoms with E-state index in [-0.39, 0.29) is 17.6 Å². The van der Waals surface area contributed by atoms with Crippen LogP contribution in [0.2, 0.25) is 5.02 Å². The number of halogens is 2. The minimum atomic E-state index is -0.339. The van der Waals surface area contributed by atoms with E-state index in [9.17, 15) is 14.4 Å². The Morgan fingerprint density at radius 1 is 1.12 bits per heavy atom. The lowest BCUT2D eigenvalue weighted by Gasteiger charge is -2.39. The molecule has 1 fully saturated rings. The van der Waals surface area contributed by atoms with Crippen LogP contribution in [-0.2, 0) is 0 Å². The molecule has 138 valence electrons. The summed E-state index contributed by atoms with van der Waals surface area (Å²) in [5.41, 5.74) is 1.64. The third-order valence-electron chi connectivity index (χ3n) is 4.74. The van der Waals surface area contributed by atoms with E-state index < -0.39 is 0 Å². The molecule has 1 aliphatic rings. The second-order valence-electron chi connectivity index (χ2n) is 6.55. The Balaban J connectivity index is 1.59. The average Bonchev–Trinajstić information content (AvgIpc) is 2.64. The van der Waals surface area contributed by atoms with Crippen molar-refractivity contribution in [3.63, 3.8) is 0 Å². The van der Waals surface area contributed by atoms with E-state index in [2.05, 4.69) is 4.90 Å². The highest BCUT2D eigenvalue weighted by atomic mass is 35.5. The molecule has 6 heteroatoms. The largest absolute Gasteiger partial charge is 0.314 e. The molecule has 0 saturated carbocycles. The number of benzene rings is 2. The van der Waals surface area contributed by atoms with Gasteiger partial charge in [0.1, 0.15) is 5.82 Å². The molecule has 0 aromatic heterocycles. The zero-order valence-electron chi connectivity index (χ0n) is 14.4. The Labute approximate surface area is 157 Å². The summed E-state index contributed by atoms with van der Waals surface area (Å²) >= 11 is 5.97. The molecule has 0 spiro atoms. The topological polar surface area (TPSA) is 43.8 Å². The summed E-state index contributed by atoms with van der Waals surface area (Å²) in [6, 6.07) is 13.4. The summed E-state index contributed by atoms with van der Waals surface area (Å²) in [4.78, 5) is 14.5. The van der Waals surface area contributed by atoms with Gasteiger partial charge in [-0.1, -0.05) is 23.7 Å². The number of Topliss-reactive ketones (excluding diaryl/α,β-unsaturated/α-hetero) is 1. The van der Waals surface area contributed by atoms with E-state index in [0.717, 1.165) is 18.7 Å². The van der Waals surface area contributed by atoms with Crippen LogP contribution < -0.4 is 0 Å². The number of hydrogen-bond acceptors (Lipinski definition) is 4.